The number of piperazine rings is 2. The summed E-state index contributed by atoms with van der Waals surface area (Å²) in [4.78, 5) is 123. The number of piperidine rings is 1. The summed E-state index contributed by atoms with van der Waals surface area (Å²) in [6.45, 7) is 19.8. The van der Waals surface area contributed by atoms with Gasteiger partial charge in [0.25, 0.3) is 0 Å². The number of phenolic OH excluding ortho intramolecular Hbond substituents is 2. The Kier molecular flexibility index (Phi) is 27.2. The molecule has 5 aromatic heterocycles. The molecule has 33 heteroatoms. The lowest BCUT2D eigenvalue weighted by Gasteiger charge is -2.55. The minimum atomic E-state index is -1.11. The Morgan fingerprint density at radius 1 is 0.528 bits per heavy atom. The van der Waals surface area contributed by atoms with E-state index in [0.29, 0.717) is 91.4 Å². The molecule has 5 aromatic carbocycles. The van der Waals surface area contributed by atoms with E-state index in [1.54, 1.807) is 42.6 Å². The first-order valence-electron chi connectivity index (χ1n) is 50.8. The summed E-state index contributed by atoms with van der Waals surface area (Å²) in [6.07, 6.45) is 24.1. The van der Waals surface area contributed by atoms with E-state index in [0.717, 1.165) is 172 Å². The molecule has 7 aliphatic heterocycles. The van der Waals surface area contributed by atoms with Gasteiger partial charge in [-0.25, -0.2) is 19.9 Å². The first kappa shape index (κ1) is 95.8. The number of terminal acetylenes is 1. The summed E-state index contributed by atoms with van der Waals surface area (Å²) >= 11 is 0. The van der Waals surface area contributed by atoms with Crippen LogP contribution in [0, 0.1) is 40.4 Å². The van der Waals surface area contributed by atoms with E-state index in [2.05, 4.69) is 107 Å². The number of benzene rings is 5. The normalized spacial score (nSPS) is 24.1. The van der Waals surface area contributed by atoms with Crippen molar-refractivity contribution in [1.82, 2.24) is 86.1 Å². The van der Waals surface area contributed by atoms with Crippen LogP contribution in [0.2, 0.25) is 0 Å². The number of hydrogen-bond donors (Lipinski definition) is 10. The number of aliphatic hydroxyl groups is 2. The van der Waals surface area contributed by atoms with Crippen molar-refractivity contribution in [3.8, 4) is 68.7 Å². The zero-order chi connectivity index (χ0) is 98.4. The number of likely N-dealkylation sites (tertiary alicyclic amines) is 3. The number of nitrogens with one attached hydrogen (secondary N) is 6. The van der Waals surface area contributed by atoms with Crippen LogP contribution in [0.1, 0.15) is 184 Å². The number of anilines is 6. The minimum absolute atomic E-state index is 0.0194. The lowest BCUT2D eigenvalue weighted by atomic mass is 9.56. The van der Waals surface area contributed by atoms with Crippen molar-refractivity contribution in [2.75, 3.05) is 109 Å². The maximum absolute atomic E-state index is 15.5. The SMILES string of the molecule is C#Cc1ccc(CNC(=O)[C@@H]2C[C@@H](O)CN2C(=O)[C@@H](NC(=O)[C@H]2CC[C@H](c3ccc(-c4cnc(N5CCN6c7cc(-c8ccccc8O)nnc7NC[C@H]6C5)nc4)cc3)CC2)C(C)(C)CCn2nccc2-c2ccc([C@H](C)NC(=O)[C@@H]3C[C@@H](O)CN3C(=O)[C@@H](NC(=O)[C@H]3CCC4(CC3)C[C@H](N3CCC(c5cnc(N6CCN7c8cc(-c9ccccc9O)nnc8NC[C@H]7C6)nc5)CC3)C4)C(C)(C)C)cc2)cc1. The molecule has 8 fully saturated rings. The molecule has 0 radical (unpaired) electrons. The molecule has 3 saturated carbocycles. The van der Waals surface area contributed by atoms with Gasteiger partial charge in [-0.15, -0.1) is 26.8 Å². The summed E-state index contributed by atoms with van der Waals surface area (Å²) in [5.41, 5.74) is 11.1. The molecule has 0 unspecified atom stereocenters. The molecule has 1 spiro atoms. The van der Waals surface area contributed by atoms with Crippen molar-refractivity contribution >= 4 is 70.4 Å². The molecule has 142 heavy (non-hydrogen) atoms. The van der Waals surface area contributed by atoms with E-state index in [9.17, 15) is 44.4 Å². The quantitative estimate of drug-likeness (QED) is 0.0238. The van der Waals surface area contributed by atoms with Gasteiger partial charge >= 0.3 is 0 Å². The molecule has 9 atom stereocenters. The third-order valence-electron chi connectivity index (χ3n) is 32.2. The fraction of sp³-hybridized carbons (Fsp3) is 0.477. The number of para-hydroxylation sites is 2. The maximum Gasteiger partial charge on any atom is 0.246 e. The van der Waals surface area contributed by atoms with Gasteiger partial charge in [-0.05, 0) is 220 Å². The summed E-state index contributed by atoms with van der Waals surface area (Å²) in [5.74, 6) is 3.67. The number of aromatic hydroxyl groups is 2. The van der Waals surface area contributed by atoms with Crippen molar-refractivity contribution in [2.24, 2.45) is 28.1 Å². The number of nitrogens with zero attached hydrogens (tertiary/aromatic N) is 17. The number of aryl methyl sites for hydroxylation is 1. The van der Waals surface area contributed by atoms with Crippen LogP contribution in [0.3, 0.4) is 0 Å². The molecule has 10 aliphatic rings. The molecule has 6 amide bonds. The third-order valence-corrected chi connectivity index (χ3v) is 32.2. The Morgan fingerprint density at radius 3 is 1.61 bits per heavy atom. The molecule has 740 valence electrons. The molecule has 5 saturated heterocycles. The summed E-state index contributed by atoms with van der Waals surface area (Å²) in [5, 5.41) is 85.7. The Morgan fingerprint density at radius 2 is 1.05 bits per heavy atom. The number of phenols is 2. The number of hydrogen-bond acceptors (Lipinski definition) is 26. The van der Waals surface area contributed by atoms with Crippen molar-refractivity contribution in [3.05, 3.63) is 198 Å². The predicted octanol–water partition coefficient (Wildman–Crippen LogP) is 11.4. The zero-order valence-electron chi connectivity index (χ0n) is 81.7. The second kappa shape index (κ2) is 40.4. The van der Waals surface area contributed by atoms with Gasteiger partial charge in [0.2, 0.25) is 47.3 Å². The molecule has 20 rings (SSSR count). The van der Waals surface area contributed by atoms with E-state index in [1.165, 1.54) is 20.9 Å². The van der Waals surface area contributed by atoms with Gasteiger partial charge in [-0.3, -0.25) is 33.4 Å². The highest BCUT2D eigenvalue weighted by Crippen LogP contribution is 2.56. The average Bonchev–Trinajstić information content (AvgIpc) is 0.790. The Hall–Kier alpha value is -13.7. The maximum atomic E-state index is 15.5. The Labute approximate surface area is 828 Å². The van der Waals surface area contributed by atoms with Crippen molar-refractivity contribution in [3.63, 3.8) is 0 Å². The standard InChI is InChI=1S/C109H129N23O10/c1-8-67-17-19-68(20-18-67)55-112-101(139)91-49-82(133)64-130(91)104(142)96(120-99(137)75-31-27-71(28-32-75)70-23-25-72(26-24-70)77-56-113-105(114-57-77)126-45-47-128-80(62-126)60-110-97-89(128)51-86(121-123-97)84-13-9-11-15-93(84)135)108(6,7)40-44-132-88(35-41-117-132)74-29-21-69(22-30-74)66(2)118-102(140)92-50-83(134)65-131(92)103(141)95(107(3,4)5)119-100(138)76-33-38-109(39-34-76)53-79(54-109)125-42-36-73(37-43-125)78-58-115-106(116-59-78)127-46-48-129-81(63-127)61-111-98-90(129)52-87(122-124-98)85-14-10-12-16-94(85)136/h1,9-26,29-30,35,41,51-52,56-59,66,71,73,75-76,79-83,91-92,95-96,133-136H,27-28,31-34,36-40,42-50,53-55,60-65H2,2-7H3,(H,110,123)(H,111,124)(H,112,139)(H,118,140)(H,119,138)(H,120,137)/t66-,71-,75-,76-,79-,80-,81-,82+,83+,91-,92-,95+,96+,109?/m0/s1. The number of carbonyl (C=O) groups excluding carboxylic acids is 6. The van der Waals surface area contributed by atoms with Crippen LogP contribution in [0.15, 0.2) is 171 Å². The van der Waals surface area contributed by atoms with Gasteiger partial charge in [0.15, 0.2) is 11.6 Å². The minimum Gasteiger partial charge on any atom is -0.507 e. The average molecular weight is 1920 g/mol. The monoisotopic (exact) mass is 1920 g/mol. The molecule has 0 bridgehead atoms. The van der Waals surface area contributed by atoms with Crippen LogP contribution in [0.4, 0.5) is 34.9 Å². The van der Waals surface area contributed by atoms with E-state index >= 15 is 4.79 Å². The number of rotatable bonds is 25. The van der Waals surface area contributed by atoms with Crippen molar-refractivity contribution in [1.29, 1.82) is 0 Å². The highest BCUT2D eigenvalue weighted by atomic mass is 16.3. The smallest absolute Gasteiger partial charge is 0.246 e. The number of aromatic nitrogens is 10. The van der Waals surface area contributed by atoms with Crippen LogP contribution in [0.5, 0.6) is 11.5 Å². The highest BCUT2D eigenvalue weighted by molar-refractivity contribution is 5.95. The van der Waals surface area contributed by atoms with E-state index in [-0.39, 0.29) is 85.1 Å². The zero-order valence-corrected chi connectivity index (χ0v) is 81.7. The van der Waals surface area contributed by atoms with Crippen LogP contribution in [-0.4, -0.2) is 254 Å². The van der Waals surface area contributed by atoms with Crippen LogP contribution >= 0.6 is 0 Å². The first-order valence-corrected chi connectivity index (χ1v) is 50.8. The van der Waals surface area contributed by atoms with Crippen molar-refractivity contribution in [2.45, 2.75) is 223 Å². The van der Waals surface area contributed by atoms with Gasteiger partial charge in [0.05, 0.1) is 58.8 Å². The molecule has 12 heterocycles. The predicted molar refractivity (Wildman–Crippen MR) is 542 cm³/mol. The second-order valence-corrected chi connectivity index (χ2v) is 42.8. The van der Waals surface area contributed by atoms with Gasteiger partial charge in [-0.1, -0.05) is 125 Å². The molecular weight excluding hydrogens is 1790 g/mol. The van der Waals surface area contributed by atoms with E-state index < -0.39 is 82.8 Å². The summed E-state index contributed by atoms with van der Waals surface area (Å²) in [6, 6.07) is 40.1. The van der Waals surface area contributed by atoms with Crippen molar-refractivity contribution < 1.29 is 49.2 Å². The highest BCUT2D eigenvalue weighted by Gasteiger charge is 2.53. The fourth-order valence-electron chi connectivity index (χ4n) is 23.6. The lowest BCUT2D eigenvalue weighted by molar-refractivity contribution is -0.145. The summed E-state index contributed by atoms with van der Waals surface area (Å²) < 4.78 is 1.87. The molecule has 10 N–H and O–H groups in total. The lowest BCUT2D eigenvalue weighted by Crippen LogP contribution is -2.59. The number of fused-ring (bicyclic) bond motifs is 6. The van der Waals surface area contributed by atoms with Gasteiger partial charge < -0.3 is 86.6 Å². The number of aliphatic hydroxyl groups excluding tert-OH is 2. The molecule has 10 aromatic rings. The topological polar surface area (TPSA) is 399 Å². The van der Waals surface area contributed by atoms with Crippen LogP contribution in [-0.2, 0) is 41.9 Å². The molecule has 33 nitrogen and oxygen atoms in total. The Balaban J connectivity index is 0.423. The van der Waals surface area contributed by atoms with Gasteiger partial charge in [0, 0.05) is 162 Å². The molecular formula is C109H129N23O10. The van der Waals surface area contributed by atoms with Gasteiger partial charge in [-0.2, -0.15) is 5.10 Å². The summed E-state index contributed by atoms with van der Waals surface area (Å²) in [7, 11) is 0. The second-order valence-electron chi connectivity index (χ2n) is 42.8. The van der Waals surface area contributed by atoms with Crippen LogP contribution < -0.4 is 51.5 Å². The number of β-amino-alcohol motifs (C(OH)–C–C–N with tert-alkyl or cyclic N) is 2. The largest absolute Gasteiger partial charge is 0.507 e. The van der Waals surface area contributed by atoms with Crippen LogP contribution in [0.25, 0.3) is 44.9 Å². The Bertz CT molecular complexity index is 6300. The van der Waals surface area contributed by atoms with E-state index in [1.807, 2.05) is 150 Å². The number of carbonyl (C=O) groups is 6. The fourth-order valence-corrected chi connectivity index (χ4v) is 23.6. The number of amides is 6. The van der Waals surface area contributed by atoms with E-state index in [4.69, 9.17) is 31.5 Å². The first-order chi connectivity index (χ1) is 68.6. The molecule has 3 aliphatic carbocycles. The van der Waals surface area contributed by atoms with Gasteiger partial charge in [0.1, 0.15) is 35.7 Å². The third kappa shape index (κ3) is 20.2.